The topological polar surface area (TPSA) is 142 Å². The minimum absolute atomic E-state index is 0.0377. The van der Waals surface area contributed by atoms with E-state index in [9.17, 15) is 4.79 Å². The van der Waals surface area contributed by atoms with Crippen molar-refractivity contribution in [3.8, 4) is 0 Å². The molecule has 2 N–H and O–H groups in total. The highest BCUT2D eigenvalue weighted by atomic mass is 79.9. The van der Waals surface area contributed by atoms with Crippen molar-refractivity contribution in [1.29, 1.82) is 0 Å². The smallest absolute Gasteiger partial charge is 0.215 e. The Morgan fingerprint density at radius 1 is 1.38 bits per heavy atom. The van der Waals surface area contributed by atoms with Crippen molar-refractivity contribution < 1.29 is 36.6 Å². The van der Waals surface area contributed by atoms with Crippen molar-refractivity contribution in [2.24, 2.45) is 7.05 Å². The number of halogens is 3. The number of aryl methyl sites for hydroxylation is 1. The van der Waals surface area contributed by atoms with Gasteiger partial charge in [0.1, 0.15) is 12.1 Å². The molecule has 0 aliphatic heterocycles. The van der Waals surface area contributed by atoms with Crippen molar-refractivity contribution >= 4 is 54.7 Å². The normalized spacial score (nSPS) is 11.3. The van der Waals surface area contributed by atoms with Crippen molar-refractivity contribution in [3.63, 3.8) is 0 Å². The van der Waals surface area contributed by atoms with E-state index in [1.807, 2.05) is 6.07 Å². The Morgan fingerprint density at radius 3 is 2.62 bits per heavy atom. The van der Waals surface area contributed by atoms with Gasteiger partial charge >= 0.3 is 0 Å². The largest absolute Gasteiger partial charge is 0.726 e. The van der Waals surface area contributed by atoms with E-state index in [2.05, 4.69) is 20.9 Å². The number of hydrogen-bond donors (Lipinski definition) is 2. The molecule has 1 heterocycles. The molecule has 0 aliphatic carbocycles. The number of aromatic nitrogens is 2. The Balaban J connectivity index is 0.000000654. The lowest BCUT2D eigenvalue weighted by Crippen LogP contribution is -2.15. The second kappa shape index (κ2) is 11.3. The third kappa shape index (κ3) is 7.30. The lowest BCUT2D eigenvalue weighted by Gasteiger charge is -2.13. The Kier molecular flexibility index (Phi) is 9.28. The highest BCUT2D eigenvalue weighted by Crippen LogP contribution is 2.29. The van der Waals surface area contributed by atoms with Gasteiger partial charge in [0.2, 0.25) is 10.4 Å². The van der Waals surface area contributed by atoms with Crippen LogP contribution in [0.25, 0.3) is 11.0 Å². The monoisotopic (exact) mass is 551 g/mol. The number of fused-ring (bicyclic) bond motifs is 1. The van der Waals surface area contributed by atoms with E-state index in [0.29, 0.717) is 16.1 Å². The summed E-state index contributed by atoms with van der Waals surface area (Å²) in [6, 6.07) is 6.94. The van der Waals surface area contributed by atoms with Gasteiger partial charge in [0.25, 0.3) is 0 Å². The zero-order valence-electron chi connectivity index (χ0n) is 16.6. The van der Waals surface area contributed by atoms with Crippen LogP contribution in [0.2, 0.25) is 5.02 Å². The van der Waals surface area contributed by atoms with Crippen molar-refractivity contribution in [2.45, 2.75) is 6.42 Å². The van der Waals surface area contributed by atoms with Crippen LogP contribution in [0.4, 0.5) is 4.39 Å². The quantitative estimate of drug-likeness (QED) is 0.197. The average Bonchev–Trinajstić information content (AvgIpc) is 3.05. The minimum atomic E-state index is -4.92. The minimum Gasteiger partial charge on any atom is -0.726 e. The van der Waals surface area contributed by atoms with Crippen LogP contribution in [0.5, 0.6) is 0 Å². The van der Waals surface area contributed by atoms with E-state index in [1.165, 1.54) is 6.33 Å². The lowest BCUT2D eigenvalue weighted by atomic mass is 9.95. The fourth-order valence-electron chi connectivity index (χ4n) is 2.85. The predicted octanol–water partition coefficient (Wildman–Crippen LogP) is 2.92. The predicted molar refractivity (Wildman–Crippen MR) is 117 cm³/mol. The summed E-state index contributed by atoms with van der Waals surface area (Å²) in [6.45, 7) is -0.399. The fourth-order valence-corrected chi connectivity index (χ4v) is 3.59. The van der Waals surface area contributed by atoms with Gasteiger partial charge in [0.15, 0.2) is 11.6 Å². The fraction of sp³-hybridized carbons (Fsp3) is 0.263. The molecule has 3 aromatic rings. The number of imidazole rings is 1. The molecule has 0 radical (unpaired) electrons. The van der Waals surface area contributed by atoms with Gasteiger partial charge in [-0.3, -0.25) is 9.35 Å². The van der Waals surface area contributed by atoms with Gasteiger partial charge in [-0.25, -0.2) is 17.8 Å². The van der Waals surface area contributed by atoms with Crippen LogP contribution in [0.15, 0.2) is 35.1 Å². The molecule has 3 rings (SSSR count). The number of rotatable bonds is 7. The molecule has 0 spiro atoms. The van der Waals surface area contributed by atoms with E-state index in [-0.39, 0.29) is 48.7 Å². The molecule has 0 saturated heterocycles. The molecule has 13 heteroatoms. The molecule has 2 aromatic carbocycles. The van der Waals surface area contributed by atoms with Gasteiger partial charge in [-0.2, -0.15) is 0 Å². The standard InChI is InChI=1S/C19H17BrClFN2O3.H2O4S/c1-24-10-23-19-16(24)8-13(17(26)9-27-5-4-25)14(18(19)22)6-11-2-3-12(20)7-15(11)21;1-5(2,3)4/h2-3,7-8,10,25H,4-6,9H2,1H3;(H2,1,2,3,4)/p-1. The molecule has 1 aromatic heterocycles. The third-order valence-corrected chi connectivity index (χ3v) is 5.06. The molecule has 0 atom stereocenters. The van der Waals surface area contributed by atoms with Crippen LogP contribution >= 0.6 is 27.5 Å². The van der Waals surface area contributed by atoms with Crippen LogP contribution in [0, 0.1) is 5.82 Å². The summed E-state index contributed by atoms with van der Waals surface area (Å²) in [4.78, 5) is 16.8. The summed E-state index contributed by atoms with van der Waals surface area (Å²) in [5, 5.41) is 9.29. The van der Waals surface area contributed by atoms with Gasteiger partial charge in [0.05, 0.1) is 25.1 Å². The van der Waals surface area contributed by atoms with E-state index < -0.39 is 16.2 Å². The van der Waals surface area contributed by atoms with Crippen LogP contribution in [0.3, 0.4) is 0 Å². The first-order valence-corrected chi connectivity index (χ1v) is 11.4. The summed E-state index contributed by atoms with van der Waals surface area (Å²) in [5.41, 5.74) is 1.86. The number of carbonyl (C=O) groups excluding carboxylic acids is 1. The molecule has 0 amide bonds. The summed E-state index contributed by atoms with van der Waals surface area (Å²) in [7, 11) is -3.18. The van der Waals surface area contributed by atoms with Crippen molar-refractivity contribution in [3.05, 3.63) is 62.6 Å². The SMILES string of the molecule is Cn1cnc2c(F)c(Cc3ccc(Br)cc3Cl)c(C(=O)COCCO)cc21.O=S(=O)([O-])O. The number of benzene rings is 2. The van der Waals surface area contributed by atoms with Crippen LogP contribution < -0.4 is 0 Å². The maximum Gasteiger partial charge on any atom is 0.215 e. The zero-order valence-corrected chi connectivity index (χ0v) is 19.7. The molecular formula is C19H18BrClFN2O7S-. The number of ether oxygens (including phenoxy) is 1. The first kappa shape index (κ1) is 26.3. The van der Waals surface area contributed by atoms with Crippen molar-refractivity contribution in [2.75, 3.05) is 19.8 Å². The zero-order chi connectivity index (χ0) is 24.1. The summed E-state index contributed by atoms with van der Waals surface area (Å²) < 4.78 is 55.7. The molecule has 0 unspecified atom stereocenters. The van der Waals surface area contributed by atoms with Crippen molar-refractivity contribution in [1.82, 2.24) is 9.55 Å². The van der Waals surface area contributed by atoms with E-state index in [0.717, 1.165) is 4.47 Å². The Labute approximate surface area is 196 Å². The molecule has 0 saturated carbocycles. The highest BCUT2D eigenvalue weighted by molar-refractivity contribution is 9.10. The third-order valence-electron chi connectivity index (χ3n) is 4.21. The van der Waals surface area contributed by atoms with Crippen LogP contribution in [0.1, 0.15) is 21.5 Å². The second-order valence-corrected chi connectivity index (χ2v) is 8.66. The van der Waals surface area contributed by atoms with Gasteiger partial charge < -0.3 is 19.0 Å². The molecule has 0 bridgehead atoms. The maximum absolute atomic E-state index is 15.2. The number of nitrogens with zero attached hydrogens (tertiary/aromatic N) is 2. The Morgan fingerprint density at radius 2 is 2.03 bits per heavy atom. The van der Waals surface area contributed by atoms with Crippen LogP contribution in [-0.2, 0) is 28.6 Å². The first-order chi connectivity index (χ1) is 14.9. The van der Waals surface area contributed by atoms with Gasteiger partial charge in [-0.1, -0.05) is 33.6 Å². The molecule has 174 valence electrons. The van der Waals surface area contributed by atoms with E-state index in [4.69, 9.17) is 39.0 Å². The second-order valence-electron chi connectivity index (χ2n) is 6.48. The van der Waals surface area contributed by atoms with E-state index in [1.54, 1.807) is 29.8 Å². The summed E-state index contributed by atoms with van der Waals surface area (Å²) in [5.74, 6) is -0.911. The summed E-state index contributed by atoms with van der Waals surface area (Å²) in [6.07, 6.45) is 1.65. The number of aliphatic hydroxyl groups excluding tert-OH is 1. The van der Waals surface area contributed by atoms with Crippen LogP contribution in [-0.4, -0.2) is 57.8 Å². The number of Topliss-reactive ketones (excluding diaryl/α,β-unsaturated/α-hetero) is 1. The Bertz CT molecular complexity index is 1230. The first-order valence-electron chi connectivity index (χ1n) is 8.88. The highest BCUT2D eigenvalue weighted by Gasteiger charge is 2.22. The summed E-state index contributed by atoms with van der Waals surface area (Å²) >= 11 is 9.62. The van der Waals surface area contributed by atoms with Gasteiger partial charge in [-0.05, 0) is 23.8 Å². The molecule has 9 nitrogen and oxygen atoms in total. The number of ketones is 1. The number of carbonyl (C=O) groups is 1. The Hall–Kier alpha value is -1.93. The maximum atomic E-state index is 15.2. The van der Waals surface area contributed by atoms with Gasteiger partial charge in [0, 0.05) is 34.1 Å². The molecule has 0 fully saturated rings. The molecule has 32 heavy (non-hydrogen) atoms. The van der Waals surface area contributed by atoms with E-state index >= 15 is 4.39 Å². The molecular weight excluding hydrogens is 535 g/mol. The average molecular weight is 553 g/mol. The van der Waals surface area contributed by atoms with Gasteiger partial charge in [-0.15, -0.1) is 0 Å². The number of hydrogen-bond acceptors (Lipinski definition) is 7. The lowest BCUT2D eigenvalue weighted by molar-refractivity contribution is 0.0663. The molecule has 0 aliphatic rings. The number of aliphatic hydroxyl groups is 1.